The van der Waals surface area contributed by atoms with Crippen LogP contribution in [0.25, 0.3) is 10.2 Å². The number of aryl methyl sites for hydroxylation is 1. The molecule has 0 radical (unpaired) electrons. The van der Waals surface area contributed by atoms with Gasteiger partial charge in [0.25, 0.3) is 0 Å². The standard InChI is InChI=1S/C20H23N3O3S2.ClH/c1-15-9-10-17-18(13-15)27-20(21-17)23(12-11-22(2)3)19(24)14-28(25,26)16-7-5-4-6-8-16;/h4-10,13H,11-12,14H2,1-3H3;1H. The van der Waals surface area contributed by atoms with Gasteiger partial charge in [0.15, 0.2) is 15.0 Å². The van der Waals surface area contributed by atoms with E-state index in [-0.39, 0.29) is 17.3 Å². The van der Waals surface area contributed by atoms with Gasteiger partial charge in [-0.3, -0.25) is 9.69 Å². The molecule has 0 N–H and O–H groups in total. The summed E-state index contributed by atoms with van der Waals surface area (Å²) in [4.78, 5) is 21.1. The van der Waals surface area contributed by atoms with Crippen molar-refractivity contribution in [2.75, 3.05) is 37.8 Å². The van der Waals surface area contributed by atoms with Crippen molar-refractivity contribution >= 4 is 54.8 Å². The Morgan fingerprint density at radius 1 is 1.07 bits per heavy atom. The van der Waals surface area contributed by atoms with Gasteiger partial charge in [-0.05, 0) is 50.8 Å². The zero-order valence-electron chi connectivity index (χ0n) is 16.5. The molecule has 0 saturated heterocycles. The number of amides is 1. The van der Waals surface area contributed by atoms with E-state index in [0.717, 1.165) is 15.8 Å². The Kier molecular flexibility index (Phi) is 7.76. The molecule has 3 aromatic rings. The summed E-state index contributed by atoms with van der Waals surface area (Å²) in [5.74, 6) is -1.05. The highest BCUT2D eigenvalue weighted by Crippen LogP contribution is 2.30. The molecular formula is C20H24ClN3O3S2. The van der Waals surface area contributed by atoms with E-state index in [9.17, 15) is 13.2 Å². The minimum absolute atomic E-state index is 0. The van der Waals surface area contributed by atoms with Gasteiger partial charge in [-0.25, -0.2) is 13.4 Å². The normalized spacial score (nSPS) is 11.4. The van der Waals surface area contributed by atoms with Crippen LogP contribution in [0.2, 0.25) is 0 Å². The second kappa shape index (κ2) is 9.67. The van der Waals surface area contributed by atoms with E-state index in [0.29, 0.717) is 18.2 Å². The van der Waals surface area contributed by atoms with E-state index in [1.54, 1.807) is 18.2 Å². The minimum Gasteiger partial charge on any atom is -0.308 e. The van der Waals surface area contributed by atoms with Gasteiger partial charge in [0.2, 0.25) is 5.91 Å². The van der Waals surface area contributed by atoms with Crippen molar-refractivity contribution in [3.8, 4) is 0 Å². The van der Waals surface area contributed by atoms with Gasteiger partial charge >= 0.3 is 0 Å². The molecule has 0 aliphatic carbocycles. The summed E-state index contributed by atoms with van der Waals surface area (Å²) in [7, 11) is 0.0998. The van der Waals surface area contributed by atoms with Crippen molar-refractivity contribution in [3.63, 3.8) is 0 Å². The van der Waals surface area contributed by atoms with Crippen LogP contribution in [0, 0.1) is 6.92 Å². The summed E-state index contributed by atoms with van der Waals surface area (Å²) in [6.45, 7) is 2.97. The molecule has 1 amide bonds. The molecule has 0 unspecified atom stereocenters. The second-order valence-electron chi connectivity index (χ2n) is 6.89. The van der Waals surface area contributed by atoms with Gasteiger partial charge in [0.05, 0.1) is 15.1 Å². The van der Waals surface area contributed by atoms with Crippen LogP contribution in [-0.4, -0.2) is 57.1 Å². The van der Waals surface area contributed by atoms with Gasteiger partial charge < -0.3 is 4.90 Å². The van der Waals surface area contributed by atoms with Crippen LogP contribution < -0.4 is 4.90 Å². The van der Waals surface area contributed by atoms with Crippen LogP contribution in [0.4, 0.5) is 5.13 Å². The molecule has 0 spiro atoms. The fourth-order valence-corrected chi connectivity index (χ4v) is 5.04. The third-order valence-electron chi connectivity index (χ3n) is 4.25. The van der Waals surface area contributed by atoms with E-state index in [2.05, 4.69) is 4.98 Å². The smallest absolute Gasteiger partial charge is 0.244 e. The number of anilines is 1. The van der Waals surface area contributed by atoms with Crippen LogP contribution in [0.3, 0.4) is 0 Å². The topological polar surface area (TPSA) is 70.6 Å². The number of aromatic nitrogens is 1. The van der Waals surface area contributed by atoms with Crippen molar-refractivity contribution < 1.29 is 13.2 Å². The quantitative estimate of drug-likeness (QED) is 0.548. The molecule has 1 aromatic heterocycles. The number of sulfone groups is 1. The molecular weight excluding hydrogens is 430 g/mol. The largest absolute Gasteiger partial charge is 0.308 e. The number of carbonyl (C=O) groups excluding carboxylic acids is 1. The highest BCUT2D eigenvalue weighted by molar-refractivity contribution is 7.92. The van der Waals surface area contributed by atoms with Gasteiger partial charge in [-0.1, -0.05) is 35.6 Å². The molecule has 0 aliphatic rings. The maximum absolute atomic E-state index is 13.0. The molecule has 1 heterocycles. The SMILES string of the molecule is Cc1ccc2nc(N(CCN(C)C)C(=O)CS(=O)(=O)c3ccccc3)sc2c1.Cl. The molecule has 9 heteroatoms. The Morgan fingerprint density at radius 3 is 2.41 bits per heavy atom. The number of thiazole rings is 1. The van der Waals surface area contributed by atoms with E-state index in [1.807, 2.05) is 44.1 Å². The highest BCUT2D eigenvalue weighted by Gasteiger charge is 2.26. The molecule has 0 fully saturated rings. The predicted molar refractivity (Wildman–Crippen MR) is 121 cm³/mol. The molecule has 6 nitrogen and oxygen atoms in total. The van der Waals surface area contributed by atoms with E-state index in [1.165, 1.54) is 28.4 Å². The van der Waals surface area contributed by atoms with Gasteiger partial charge in [0, 0.05) is 13.1 Å². The first-order valence-electron chi connectivity index (χ1n) is 8.86. The Morgan fingerprint density at radius 2 is 1.76 bits per heavy atom. The molecule has 2 aromatic carbocycles. The number of hydrogen-bond donors (Lipinski definition) is 0. The molecule has 3 rings (SSSR count). The van der Waals surface area contributed by atoms with Crippen LogP contribution in [0.1, 0.15) is 5.56 Å². The lowest BCUT2D eigenvalue weighted by molar-refractivity contribution is -0.116. The van der Waals surface area contributed by atoms with E-state index < -0.39 is 21.5 Å². The zero-order valence-corrected chi connectivity index (χ0v) is 19.0. The summed E-state index contributed by atoms with van der Waals surface area (Å²) in [5.41, 5.74) is 1.92. The summed E-state index contributed by atoms with van der Waals surface area (Å²) < 4.78 is 26.3. The average molecular weight is 454 g/mol. The average Bonchev–Trinajstić information content (AvgIpc) is 3.04. The lowest BCUT2D eigenvalue weighted by atomic mass is 10.2. The number of benzene rings is 2. The Hall–Kier alpha value is -2.00. The summed E-state index contributed by atoms with van der Waals surface area (Å²) in [6, 6.07) is 14.0. The number of likely N-dealkylation sites (N-methyl/N-ethyl adjacent to an activating group) is 1. The van der Waals surface area contributed by atoms with Crippen LogP contribution >= 0.6 is 23.7 Å². The van der Waals surface area contributed by atoms with Gasteiger partial charge in [-0.2, -0.15) is 0 Å². The number of nitrogens with zero attached hydrogens (tertiary/aromatic N) is 3. The number of fused-ring (bicyclic) bond motifs is 1. The molecule has 0 atom stereocenters. The van der Waals surface area contributed by atoms with Gasteiger partial charge in [0.1, 0.15) is 5.75 Å². The maximum Gasteiger partial charge on any atom is 0.244 e. The lowest BCUT2D eigenvalue weighted by Gasteiger charge is -2.22. The van der Waals surface area contributed by atoms with Crippen molar-refractivity contribution in [3.05, 3.63) is 54.1 Å². The van der Waals surface area contributed by atoms with E-state index in [4.69, 9.17) is 0 Å². The molecule has 0 saturated carbocycles. The van der Waals surface area contributed by atoms with Crippen LogP contribution in [0.5, 0.6) is 0 Å². The Bertz CT molecular complexity index is 1080. The Balaban J connectivity index is 0.00000300. The fourth-order valence-electron chi connectivity index (χ4n) is 2.71. The molecule has 0 aliphatic heterocycles. The predicted octanol–water partition coefficient (Wildman–Crippen LogP) is 3.40. The summed E-state index contributed by atoms with van der Waals surface area (Å²) >= 11 is 1.40. The van der Waals surface area contributed by atoms with E-state index >= 15 is 0 Å². The fraction of sp³-hybridized carbons (Fsp3) is 0.300. The van der Waals surface area contributed by atoms with Crippen LogP contribution in [0.15, 0.2) is 53.4 Å². The second-order valence-corrected chi connectivity index (χ2v) is 9.89. The Labute approximate surface area is 181 Å². The first-order valence-corrected chi connectivity index (χ1v) is 11.3. The summed E-state index contributed by atoms with van der Waals surface area (Å²) in [5, 5.41) is 0.524. The maximum atomic E-state index is 13.0. The third kappa shape index (κ3) is 5.76. The molecule has 0 bridgehead atoms. The van der Waals surface area contributed by atoms with Gasteiger partial charge in [-0.15, -0.1) is 12.4 Å². The first kappa shape index (κ1) is 23.3. The number of hydrogen-bond acceptors (Lipinski definition) is 6. The summed E-state index contributed by atoms with van der Waals surface area (Å²) in [6.07, 6.45) is 0. The van der Waals surface area contributed by atoms with Crippen LogP contribution in [-0.2, 0) is 14.6 Å². The zero-order chi connectivity index (χ0) is 20.3. The highest BCUT2D eigenvalue weighted by atomic mass is 35.5. The van der Waals surface area contributed by atoms with Crippen molar-refractivity contribution in [2.24, 2.45) is 0 Å². The number of carbonyl (C=O) groups is 1. The monoisotopic (exact) mass is 453 g/mol. The third-order valence-corrected chi connectivity index (χ3v) is 6.91. The van der Waals surface area contributed by atoms with Crippen molar-refractivity contribution in [1.29, 1.82) is 0 Å². The molecule has 156 valence electrons. The van der Waals surface area contributed by atoms with Crippen molar-refractivity contribution in [2.45, 2.75) is 11.8 Å². The first-order chi connectivity index (χ1) is 13.3. The molecule has 29 heavy (non-hydrogen) atoms. The minimum atomic E-state index is -3.72. The lowest BCUT2D eigenvalue weighted by Crippen LogP contribution is -2.40. The number of halogens is 1. The number of rotatable bonds is 7. The van der Waals surface area contributed by atoms with Crippen molar-refractivity contribution in [1.82, 2.24) is 9.88 Å².